The van der Waals surface area contributed by atoms with Crippen molar-refractivity contribution in [2.45, 2.75) is 31.9 Å². The number of carboxylic acids is 1. The maximum Gasteiger partial charge on any atom is 0.374 e. The minimum Gasteiger partial charge on any atom is -0.475 e. The van der Waals surface area contributed by atoms with Crippen LogP contribution in [0.5, 0.6) is 0 Å². The normalized spacial score (nSPS) is 20.3. The fourth-order valence-corrected chi connectivity index (χ4v) is 2.48. The Bertz CT molecular complexity index is 600. The second-order valence-corrected chi connectivity index (χ2v) is 5.51. The quantitative estimate of drug-likeness (QED) is 0.786. The Kier molecular flexibility index (Phi) is 6.89. The first-order valence-electron chi connectivity index (χ1n) is 7.91. The molecule has 0 aliphatic carbocycles. The van der Waals surface area contributed by atoms with E-state index in [1.54, 1.807) is 24.3 Å². The Morgan fingerprint density at radius 3 is 2.62 bits per heavy atom. The monoisotopic (exact) mass is 335 g/mol. The van der Waals surface area contributed by atoms with Crippen LogP contribution in [0.4, 0.5) is 0 Å². The van der Waals surface area contributed by atoms with E-state index < -0.39 is 23.7 Å². The van der Waals surface area contributed by atoms with Gasteiger partial charge < -0.3 is 19.9 Å². The van der Waals surface area contributed by atoms with Crippen LogP contribution < -0.4 is 5.32 Å². The fourth-order valence-electron chi connectivity index (χ4n) is 2.48. The number of carboxylic acid groups (broad SMARTS) is 1. The zero-order valence-electron chi connectivity index (χ0n) is 13.3. The van der Waals surface area contributed by atoms with Crippen LogP contribution in [0.1, 0.15) is 35.2 Å². The zero-order chi connectivity index (χ0) is 17.4. The van der Waals surface area contributed by atoms with E-state index in [0.29, 0.717) is 43.8 Å². The predicted molar refractivity (Wildman–Crippen MR) is 84.7 cm³/mol. The molecule has 1 aromatic carbocycles. The van der Waals surface area contributed by atoms with Crippen molar-refractivity contribution < 1.29 is 29.0 Å². The molecule has 1 aliphatic heterocycles. The smallest absolute Gasteiger partial charge is 0.374 e. The van der Waals surface area contributed by atoms with E-state index in [0.717, 1.165) is 0 Å². The molecule has 0 spiro atoms. The summed E-state index contributed by atoms with van der Waals surface area (Å²) in [4.78, 5) is 35.3. The molecule has 24 heavy (non-hydrogen) atoms. The molecule has 1 aliphatic rings. The van der Waals surface area contributed by atoms with E-state index in [1.165, 1.54) is 0 Å². The molecular weight excluding hydrogens is 314 g/mol. The van der Waals surface area contributed by atoms with Crippen molar-refractivity contribution in [1.29, 1.82) is 0 Å². The molecule has 0 bridgehead atoms. The molecule has 1 unspecified atom stereocenters. The summed E-state index contributed by atoms with van der Waals surface area (Å²) < 4.78 is 10.9. The Labute approximate surface area is 139 Å². The number of Topliss-reactive ketones (excluding diaryl/α,β-unsaturated/α-hetero) is 1. The summed E-state index contributed by atoms with van der Waals surface area (Å²) in [5, 5.41) is 11.5. The van der Waals surface area contributed by atoms with Crippen LogP contribution in [0.3, 0.4) is 0 Å². The maximum atomic E-state index is 12.5. The number of fused-ring (bicyclic) bond motifs is 1. The molecule has 0 saturated heterocycles. The van der Waals surface area contributed by atoms with Crippen LogP contribution >= 0.6 is 0 Å². The van der Waals surface area contributed by atoms with Gasteiger partial charge in [-0.2, -0.15) is 0 Å². The summed E-state index contributed by atoms with van der Waals surface area (Å²) >= 11 is 0. The van der Waals surface area contributed by atoms with E-state index in [-0.39, 0.29) is 13.0 Å². The summed E-state index contributed by atoms with van der Waals surface area (Å²) in [5.74, 6) is -3.03. The number of carbonyl (C=O) groups is 3. The number of aliphatic carboxylic acids is 1. The van der Waals surface area contributed by atoms with Gasteiger partial charge in [0.05, 0.1) is 25.9 Å². The molecule has 7 nitrogen and oxygen atoms in total. The van der Waals surface area contributed by atoms with Crippen molar-refractivity contribution in [3.05, 3.63) is 35.4 Å². The van der Waals surface area contributed by atoms with E-state index in [9.17, 15) is 14.4 Å². The van der Waals surface area contributed by atoms with Crippen molar-refractivity contribution in [2.75, 3.05) is 19.8 Å². The molecule has 2 N–H and O–H groups in total. The Morgan fingerprint density at radius 2 is 1.83 bits per heavy atom. The van der Waals surface area contributed by atoms with Gasteiger partial charge in [-0.15, -0.1) is 0 Å². The van der Waals surface area contributed by atoms with Gasteiger partial charge in [0, 0.05) is 12.2 Å². The number of benzene rings is 1. The Hall–Kier alpha value is -2.25. The highest BCUT2D eigenvalue weighted by atomic mass is 16.5. The van der Waals surface area contributed by atoms with Crippen LogP contribution in [0.15, 0.2) is 24.3 Å². The van der Waals surface area contributed by atoms with Gasteiger partial charge in [-0.1, -0.05) is 18.2 Å². The van der Waals surface area contributed by atoms with Gasteiger partial charge in [0.15, 0.2) is 0 Å². The SMILES string of the molecule is O=C(O)C(=O)C1CCCCOCCOCc2ccccc2C(=O)N1. The van der Waals surface area contributed by atoms with E-state index in [2.05, 4.69) is 5.32 Å². The third-order valence-corrected chi connectivity index (χ3v) is 3.76. The molecule has 1 heterocycles. The number of hydrogen-bond acceptors (Lipinski definition) is 5. The van der Waals surface area contributed by atoms with Crippen molar-refractivity contribution >= 4 is 17.7 Å². The molecule has 0 fully saturated rings. The average molecular weight is 335 g/mol. The second-order valence-electron chi connectivity index (χ2n) is 5.51. The number of carbonyl (C=O) groups excluding carboxylic acids is 2. The lowest BCUT2D eigenvalue weighted by atomic mass is 10.0. The largest absolute Gasteiger partial charge is 0.475 e. The molecule has 7 heteroatoms. The van der Waals surface area contributed by atoms with Gasteiger partial charge in [0.2, 0.25) is 0 Å². The predicted octanol–water partition coefficient (Wildman–Crippen LogP) is 1.16. The highest BCUT2D eigenvalue weighted by molar-refractivity contribution is 6.35. The summed E-state index contributed by atoms with van der Waals surface area (Å²) in [5.41, 5.74) is 1.05. The average Bonchev–Trinajstić information content (AvgIpc) is 2.58. The molecule has 1 atom stereocenters. The van der Waals surface area contributed by atoms with Gasteiger partial charge in [-0.3, -0.25) is 9.59 Å². The number of amides is 1. The Morgan fingerprint density at radius 1 is 1.08 bits per heavy atom. The third-order valence-electron chi connectivity index (χ3n) is 3.76. The van der Waals surface area contributed by atoms with Crippen LogP contribution in [-0.2, 0) is 25.7 Å². The van der Waals surface area contributed by atoms with Gasteiger partial charge >= 0.3 is 5.97 Å². The van der Waals surface area contributed by atoms with Crippen LogP contribution in [0, 0.1) is 0 Å². The lowest BCUT2D eigenvalue weighted by Crippen LogP contribution is -2.44. The molecule has 0 saturated carbocycles. The lowest BCUT2D eigenvalue weighted by Gasteiger charge is -2.18. The van der Waals surface area contributed by atoms with Crippen LogP contribution in [-0.4, -0.2) is 48.6 Å². The molecule has 1 aromatic rings. The zero-order valence-corrected chi connectivity index (χ0v) is 13.3. The van der Waals surface area contributed by atoms with Gasteiger partial charge in [0.25, 0.3) is 11.7 Å². The van der Waals surface area contributed by atoms with E-state index in [4.69, 9.17) is 14.6 Å². The minimum atomic E-state index is -1.55. The first-order valence-corrected chi connectivity index (χ1v) is 7.91. The summed E-state index contributed by atoms with van der Waals surface area (Å²) in [6.45, 7) is 1.62. The number of hydrogen-bond donors (Lipinski definition) is 2. The number of rotatable bonds is 2. The van der Waals surface area contributed by atoms with Crippen molar-refractivity contribution in [2.24, 2.45) is 0 Å². The van der Waals surface area contributed by atoms with Gasteiger partial charge in [0.1, 0.15) is 0 Å². The summed E-state index contributed by atoms with van der Waals surface area (Å²) in [7, 11) is 0. The summed E-state index contributed by atoms with van der Waals surface area (Å²) in [6, 6.07) is 5.83. The van der Waals surface area contributed by atoms with E-state index in [1.807, 2.05) is 0 Å². The third kappa shape index (κ3) is 5.14. The highest BCUT2D eigenvalue weighted by Gasteiger charge is 2.27. The first-order chi connectivity index (χ1) is 11.6. The van der Waals surface area contributed by atoms with Crippen LogP contribution in [0.25, 0.3) is 0 Å². The number of ketones is 1. The molecule has 0 radical (unpaired) electrons. The maximum absolute atomic E-state index is 12.5. The van der Waals surface area contributed by atoms with Crippen molar-refractivity contribution in [3.8, 4) is 0 Å². The minimum absolute atomic E-state index is 0.241. The van der Waals surface area contributed by atoms with Crippen molar-refractivity contribution in [1.82, 2.24) is 5.32 Å². The van der Waals surface area contributed by atoms with Crippen LogP contribution in [0.2, 0.25) is 0 Å². The molecule has 0 aromatic heterocycles. The number of nitrogens with one attached hydrogen (secondary N) is 1. The standard InChI is InChI=1S/C17H21NO6/c19-15(17(21)22)14-7-3-4-8-23-9-10-24-11-12-5-1-2-6-13(12)16(20)18-14/h1-2,5-6,14H,3-4,7-11H2,(H,18,20)(H,21,22). The fraction of sp³-hybridized carbons (Fsp3) is 0.471. The van der Waals surface area contributed by atoms with Gasteiger partial charge in [-0.25, -0.2) is 4.79 Å². The molecule has 130 valence electrons. The molecule has 1 amide bonds. The Balaban J connectivity index is 2.20. The second kappa shape index (κ2) is 9.14. The summed E-state index contributed by atoms with van der Waals surface area (Å²) in [6.07, 6.45) is 1.52. The molecular formula is C17H21NO6. The lowest BCUT2D eigenvalue weighted by molar-refractivity contribution is -0.150. The molecule has 2 rings (SSSR count). The highest BCUT2D eigenvalue weighted by Crippen LogP contribution is 2.12. The van der Waals surface area contributed by atoms with E-state index >= 15 is 0 Å². The number of ether oxygens (including phenoxy) is 2. The first kappa shape index (κ1) is 18.1. The van der Waals surface area contributed by atoms with Crippen molar-refractivity contribution in [3.63, 3.8) is 0 Å². The topological polar surface area (TPSA) is 102 Å². The van der Waals surface area contributed by atoms with Gasteiger partial charge in [-0.05, 0) is 30.9 Å².